The number of benzene rings is 3. The van der Waals surface area contributed by atoms with E-state index in [4.69, 9.17) is 0 Å². The molecule has 0 bridgehead atoms. The first-order valence-corrected chi connectivity index (χ1v) is 11.2. The standard InChI is InChI=1S/C25H23FN2O2S/c1-17(19-11-13-22(26)14-12-19)27-24(30)20-7-9-21(10-8-20)25-28(23(29)16-31-25)15-18-5-3-2-4-6-18/h2-14,17,25H,15-16H2,1H3,(H,27,30)/t17-,25-/m0/s1. The largest absolute Gasteiger partial charge is 0.346 e. The molecule has 2 amide bonds. The van der Waals surface area contributed by atoms with Gasteiger partial charge < -0.3 is 10.2 Å². The average molecular weight is 435 g/mol. The Hall–Kier alpha value is -3.12. The molecule has 0 spiro atoms. The summed E-state index contributed by atoms with van der Waals surface area (Å²) in [6, 6.07) is 23.2. The minimum absolute atomic E-state index is 0.0667. The molecule has 0 aliphatic carbocycles. The number of rotatable bonds is 6. The van der Waals surface area contributed by atoms with Crippen molar-refractivity contribution >= 4 is 23.6 Å². The van der Waals surface area contributed by atoms with E-state index in [2.05, 4.69) is 5.32 Å². The van der Waals surface area contributed by atoms with Crippen LogP contribution in [0.4, 0.5) is 4.39 Å². The maximum atomic E-state index is 13.1. The van der Waals surface area contributed by atoms with Gasteiger partial charge in [-0.05, 0) is 47.9 Å². The quantitative estimate of drug-likeness (QED) is 0.588. The number of hydrogen-bond acceptors (Lipinski definition) is 3. The smallest absolute Gasteiger partial charge is 0.251 e. The molecule has 1 saturated heterocycles. The Labute approximate surface area is 185 Å². The van der Waals surface area contributed by atoms with Gasteiger partial charge in [0.05, 0.1) is 11.8 Å². The van der Waals surface area contributed by atoms with E-state index in [1.807, 2.05) is 54.3 Å². The lowest BCUT2D eigenvalue weighted by Crippen LogP contribution is -2.28. The fourth-order valence-electron chi connectivity index (χ4n) is 3.60. The second kappa shape index (κ2) is 9.35. The number of nitrogens with one attached hydrogen (secondary N) is 1. The minimum Gasteiger partial charge on any atom is -0.346 e. The molecule has 0 saturated carbocycles. The lowest BCUT2D eigenvalue weighted by molar-refractivity contribution is -0.128. The van der Waals surface area contributed by atoms with Gasteiger partial charge in [-0.15, -0.1) is 11.8 Å². The minimum atomic E-state index is -0.303. The Morgan fingerprint density at radius 3 is 2.42 bits per heavy atom. The molecule has 2 atom stereocenters. The van der Waals surface area contributed by atoms with Gasteiger partial charge in [0.2, 0.25) is 5.91 Å². The first-order valence-electron chi connectivity index (χ1n) is 10.1. The van der Waals surface area contributed by atoms with Gasteiger partial charge in [0.1, 0.15) is 11.2 Å². The second-order valence-corrected chi connectivity index (χ2v) is 8.61. The second-order valence-electron chi connectivity index (χ2n) is 7.54. The van der Waals surface area contributed by atoms with Gasteiger partial charge in [0.15, 0.2) is 0 Å². The number of nitrogens with zero attached hydrogens (tertiary/aromatic N) is 1. The van der Waals surface area contributed by atoms with E-state index in [1.54, 1.807) is 36.0 Å². The number of carbonyl (C=O) groups excluding carboxylic acids is 2. The van der Waals surface area contributed by atoms with Gasteiger partial charge in [-0.2, -0.15) is 0 Å². The molecule has 1 aliphatic heterocycles. The van der Waals surface area contributed by atoms with E-state index in [9.17, 15) is 14.0 Å². The van der Waals surface area contributed by atoms with Crippen LogP contribution in [0, 0.1) is 5.82 Å². The van der Waals surface area contributed by atoms with Crippen LogP contribution >= 0.6 is 11.8 Å². The molecule has 1 aliphatic rings. The van der Waals surface area contributed by atoms with E-state index >= 15 is 0 Å². The highest BCUT2D eigenvalue weighted by molar-refractivity contribution is 8.00. The number of halogens is 1. The highest BCUT2D eigenvalue weighted by Gasteiger charge is 2.32. The van der Waals surface area contributed by atoms with Crippen molar-refractivity contribution in [3.63, 3.8) is 0 Å². The maximum absolute atomic E-state index is 13.1. The lowest BCUT2D eigenvalue weighted by atomic mass is 10.1. The van der Waals surface area contributed by atoms with Crippen molar-refractivity contribution in [3.8, 4) is 0 Å². The Kier molecular flexibility index (Phi) is 6.37. The van der Waals surface area contributed by atoms with E-state index in [-0.39, 0.29) is 29.0 Å². The van der Waals surface area contributed by atoms with E-state index in [1.165, 1.54) is 12.1 Å². The summed E-state index contributed by atoms with van der Waals surface area (Å²) in [6.07, 6.45) is 0. The van der Waals surface area contributed by atoms with Crippen LogP contribution in [0.2, 0.25) is 0 Å². The summed E-state index contributed by atoms with van der Waals surface area (Å²) in [5.41, 5.74) is 3.47. The summed E-state index contributed by atoms with van der Waals surface area (Å²) < 4.78 is 13.1. The Morgan fingerprint density at radius 1 is 1.06 bits per heavy atom. The van der Waals surface area contributed by atoms with Crippen LogP contribution in [0.25, 0.3) is 0 Å². The zero-order chi connectivity index (χ0) is 21.8. The molecule has 0 aromatic heterocycles. The summed E-state index contributed by atoms with van der Waals surface area (Å²) in [7, 11) is 0. The third kappa shape index (κ3) is 4.97. The van der Waals surface area contributed by atoms with Crippen molar-refractivity contribution in [3.05, 3.63) is 107 Å². The van der Waals surface area contributed by atoms with Crippen molar-refractivity contribution < 1.29 is 14.0 Å². The van der Waals surface area contributed by atoms with Crippen LogP contribution in [0.15, 0.2) is 78.9 Å². The monoisotopic (exact) mass is 434 g/mol. The van der Waals surface area contributed by atoms with Crippen LogP contribution < -0.4 is 5.32 Å². The molecule has 6 heteroatoms. The van der Waals surface area contributed by atoms with Gasteiger partial charge >= 0.3 is 0 Å². The van der Waals surface area contributed by atoms with Gasteiger partial charge in [-0.25, -0.2) is 4.39 Å². The highest BCUT2D eigenvalue weighted by Crippen LogP contribution is 2.39. The fraction of sp³-hybridized carbons (Fsp3) is 0.200. The van der Waals surface area contributed by atoms with E-state index in [0.717, 1.165) is 16.7 Å². The Bertz CT molecular complexity index is 1060. The predicted molar refractivity (Wildman–Crippen MR) is 121 cm³/mol. The first-order chi connectivity index (χ1) is 15.0. The molecule has 3 aromatic rings. The van der Waals surface area contributed by atoms with Crippen molar-refractivity contribution in [2.24, 2.45) is 0 Å². The summed E-state index contributed by atoms with van der Waals surface area (Å²) in [6.45, 7) is 2.43. The number of hydrogen-bond donors (Lipinski definition) is 1. The highest BCUT2D eigenvalue weighted by atomic mass is 32.2. The number of thioether (sulfide) groups is 1. The maximum Gasteiger partial charge on any atom is 0.251 e. The summed E-state index contributed by atoms with van der Waals surface area (Å²) >= 11 is 1.60. The summed E-state index contributed by atoms with van der Waals surface area (Å²) in [5.74, 6) is 0.0745. The number of carbonyl (C=O) groups is 2. The van der Waals surface area contributed by atoms with Crippen LogP contribution in [0.5, 0.6) is 0 Å². The normalized spacial score (nSPS) is 16.9. The van der Waals surface area contributed by atoms with E-state index < -0.39 is 0 Å². The number of amides is 2. The third-order valence-electron chi connectivity index (χ3n) is 5.34. The van der Waals surface area contributed by atoms with Crippen molar-refractivity contribution in [2.45, 2.75) is 24.9 Å². The molecule has 31 heavy (non-hydrogen) atoms. The fourth-order valence-corrected chi connectivity index (χ4v) is 4.78. The zero-order valence-corrected chi connectivity index (χ0v) is 17.9. The molecule has 4 rings (SSSR count). The molecule has 0 radical (unpaired) electrons. The molecule has 1 N–H and O–H groups in total. The SMILES string of the molecule is C[C@H](NC(=O)c1ccc([C@@H]2SCC(=O)N2Cc2ccccc2)cc1)c1ccc(F)cc1. The Balaban J connectivity index is 1.43. The van der Waals surface area contributed by atoms with Gasteiger partial charge in [0, 0.05) is 12.1 Å². The van der Waals surface area contributed by atoms with E-state index in [0.29, 0.717) is 17.9 Å². The molecule has 3 aromatic carbocycles. The van der Waals surface area contributed by atoms with Crippen molar-refractivity contribution in [2.75, 3.05) is 5.75 Å². The van der Waals surface area contributed by atoms with Crippen LogP contribution in [0.3, 0.4) is 0 Å². The molecular weight excluding hydrogens is 411 g/mol. The van der Waals surface area contributed by atoms with Crippen LogP contribution in [0.1, 0.15) is 45.4 Å². The molecule has 4 nitrogen and oxygen atoms in total. The van der Waals surface area contributed by atoms with Crippen molar-refractivity contribution in [1.29, 1.82) is 0 Å². The lowest BCUT2D eigenvalue weighted by Gasteiger charge is -2.24. The predicted octanol–water partition coefficient (Wildman–Crippen LogP) is 5.09. The van der Waals surface area contributed by atoms with Gasteiger partial charge in [-0.1, -0.05) is 54.6 Å². The molecular formula is C25H23FN2O2S. The summed E-state index contributed by atoms with van der Waals surface area (Å²) in [5, 5.41) is 2.87. The third-order valence-corrected chi connectivity index (χ3v) is 6.60. The van der Waals surface area contributed by atoms with Gasteiger partial charge in [-0.3, -0.25) is 9.59 Å². The zero-order valence-electron chi connectivity index (χ0n) is 17.1. The molecule has 1 fully saturated rings. The van der Waals surface area contributed by atoms with Crippen LogP contribution in [-0.4, -0.2) is 22.5 Å². The molecule has 158 valence electrons. The first kappa shape index (κ1) is 21.1. The molecule has 0 unspecified atom stereocenters. The average Bonchev–Trinajstić information content (AvgIpc) is 3.15. The topological polar surface area (TPSA) is 49.4 Å². The summed E-state index contributed by atoms with van der Waals surface area (Å²) in [4.78, 5) is 26.9. The van der Waals surface area contributed by atoms with Gasteiger partial charge in [0.25, 0.3) is 5.91 Å². The Morgan fingerprint density at radius 2 is 1.74 bits per heavy atom. The van der Waals surface area contributed by atoms with Crippen LogP contribution in [-0.2, 0) is 11.3 Å². The molecule has 1 heterocycles. The van der Waals surface area contributed by atoms with Crippen molar-refractivity contribution in [1.82, 2.24) is 10.2 Å².